The van der Waals surface area contributed by atoms with Gasteiger partial charge in [0.25, 0.3) is 5.56 Å². The van der Waals surface area contributed by atoms with Crippen LogP contribution in [0.1, 0.15) is 11.3 Å². The monoisotopic (exact) mass is 302 g/mol. The molecule has 0 aliphatic heterocycles. The van der Waals surface area contributed by atoms with Crippen LogP contribution in [0, 0.1) is 6.92 Å². The minimum Gasteiger partial charge on any atom is -0.295 e. The quantitative estimate of drug-likeness (QED) is 0.746. The highest BCUT2D eigenvalue weighted by Crippen LogP contribution is 2.13. The van der Waals surface area contributed by atoms with E-state index in [9.17, 15) is 4.79 Å². The molecule has 0 atom stereocenters. The first-order valence-corrected chi connectivity index (χ1v) is 6.49. The molecule has 2 heterocycles. The molecule has 0 radical (unpaired) electrons. The Hall–Kier alpha value is -2.67. The standard InChI is InChI=1S/C13H11ClN6O/c1-9-12(6-17-19-7-15-16-8-19)13(21)20(18-9)11-4-2-3-10(14)5-11/h2-8,18H,1H3/b17-6+. The Morgan fingerprint density at radius 3 is 2.81 bits per heavy atom. The van der Waals surface area contributed by atoms with Crippen molar-refractivity contribution < 1.29 is 0 Å². The normalized spacial score (nSPS) is 11.3. The fourth-order valence-corrected chi connectivity index (χ4v) is 2.07. The highest BCUT2D eigenvalue weighted by atomic mass is 35.5. The second-order valence-electron chi connectivity index (χ2n) is 4.36. The third-order valence-corrected chi connectivity index (χ3v) is 3.15. The maximum atomic E-state index is 12.4. The number of nitrogens with one attached hydrogen (secondary N) is 1. The van der Waals surface area contributed by atoms with Gasteiger partial charge in [-0.2, -0.15) is 5.10 Å². The van der Waals surface area contributed by atoms with Gasteiger partial charge >= 0.3 is 0 Å². The summed E-state index contributed by atoms with van der Waals surface area (Å²) < 4.78 is 2.84. The minimum atomic E-state index is -0.202. The van der Waals surface area contributed by atoms with E-state index >= 15 is 0 Å². The van der Waals surface area contributed by atoms with E-state index in [0.29, 0.717) is 22.0 Å². The first kappa shape index (κ1) is 13.3. The molecule has 1 N–H and O–H groups in total. The molecular formula is C13H11ClN6O. The van der Waals surface area contributed by atoms with Crippen molar-refractivity contribution in [3.8, 4) is 5.69 Å². The summed E-state index contributed by atoms with van der Waals surface area (Å²) in [5, 5.41) is 14.9. The largest absolute Gasteiger partial charge is 0.295 e. The van der Waals surface area contributed by atoms with Gasteiger partial charge in [0.05, 0.1) is 17.5 Å². The van der Waals surface area contributed by atoms with Gasteiger partial charge in [0.15, 0.2) is 0 Å². The van der Waals surface area contributed by atoms with Gasteiger partial charge < -0.3 is 0 Å². The van der Waals surface area contributed by atoms with Gasteiger partial charge in [0.2, 0.25) is 0 Å². The maximum Gasteiger partial charge on any atom is 0.280 e. The molecule has 0 fully saturated rings. The van der Waals surface area contributed by atoms with E-state index in [2.05, 4.69) is 20.4 Å². The molecule has 8 heteroatoms. The van der Waals surface area contributed by atoms with E-state index in [1.54, 1.807) is 31.2 Å². The number of benzene rings is 1. The number of rotatable bonds is 3. The molecule has 7 nitrogen and oxygen atoms in total. The Labute approximate surface area is 124 Å². The van der Waals surface area contributed by atoms with E-state index in [4.69, 9.17) is 11.6 Å². The zero-order valence-corrected chi connectivity index (χ0v) is 11.8. The minimum absolute atomic E-state index is 0.202. The highest BCUT2D eigenvalue weighted by Gasteiger charge is 2.10. The summed E-state index contributed by atoms with van der Waals surface area (Å²) in [7, 11) is 0. The molecule has 106 valence electrons. The van der Waals surface area contributed by atoms with Gasteiger partial charge in [-0.25, -0.2) is 9.36 Å². The number of halogens is 1. The Bertz CT molecular complexity index is 846. The molecule has 0 bridgehead atoms. The predicted molar refractivity (Wildman–Crippen MR) is 79.2 cm³/mol. The number of hydrogen-bond donors (Lipinski definition) is 1. The molecule has 0 saturated carbocycles. The van der Waals surface area contributed by atoms with Crippen molar-refractivity contribution in [1.29, 1.82) is 0 Å². The lowest BCUT2D eigenvalue weighted by Crippen LogP contribution is -2.17. The van der Waals surface area contributed by atoms with Crippen molar-refractivity contribution in [1.82, 2.24) is 24.7 Å². The molecule has 0 unspecified atom stereocenters. The summed E-state index contributed by atoms with van der Waals surface area (Å²) in [5.41, 5.74) is 1.63. The second kappa shape index (κ2) is 5.37. The van der Waals surface area contributed by atoms with Crippen molar-refractivity contribution in [2.24, 2.45) is 5.10 Å². The first-order chi connectivity index (χ1) is 10.1. The van der Waals surface area contributed by atoms with Crippen LogP contribution in [0.4, 0.5) is 0 Å². The van der Waals surface area contributed by atoms with Crippen molar-refractivity contribution >= 4 is 17.8 Å². The predicted octanol–water partition coefficient (Wildman–Crippen LogP) is 1.60. The number of aryl methyl sites for hydroxylation is 1. The molecule has 0 amide bonds. The van der Waals surface area contributed by atoms with Crippen LogP contribution < -0.4 is 5.56 Å². The lowest BCUT2D eigenvalue weighted by Gasteiger charge is -2.01. The fourth-order valence-electron chi connectivity index (χ4n) is 1.89. The summed E-state index contributed by atoms with van der Waals surface area (Å²) in [6, 6.07) is 7.04. The molecule has 0 aliphatic carbocycles. The van der Waals surface area contributed by atoms with Crippen molar-refractivity contribution in [3.05, 3.63) is 63.6 Å². The summed E-state index contributed by atoms with van der Waals surface area (Å²) in [6.45, 7) is 1.80. The number of nitrogens with zero attached hydrogens (tertiary/aromatic N) is 5. The average Bonchev–Trinajstić information content (AvgIpc) is 3.06. The third kappa shape index (κ3) is 2.63. The van der Waals surface area contributed by atoms with Crippen LogP contribution in [-0.2, 0) is 0 Å². The van der Waals surface area contributed by atoms with Crippen molar-refractivity contribution in [2.45, 2.75) is 6.92 Å². The van der Waals surface area contributed by atoms with Crippen molar-refractivity contribution in [3.63, 3.8) is 0 Å². The van der Waals surface area contributed by atoms with Crippen LogP contribution in [0.25, 0.3) is 5.69 Å². The Kier molecular flexibility index (Phi) is 3.41. The number of aromatic amines is 1. The van der Waals surface area contributed by atoms with Crippen LogP contribution in [0.2, 0.25) is 5.02 Å². The van der Waals surface area contributed by atoms with Crippen LogP contribution >= 0.6 is 11.6 Å². The van der Waals surface area contributed by atoms with E-state index in [1.807, 2.05) is 0 Å². The van der Waals surface area contributed by atoms with Gasteiger partial charge in [0, 0.05) is 10.7 Å². The highest BCUT2D eigenvalue weighted by molar-refractivity contribution is 6.30. The summed E-state index contributed by atoms with van der Waals surface area (Å²) in [6.07, 6.45) is 4.35. The molecule has 3 rings (SSSR count). The average molecular weight is 303 g/mol. The van der Waals surface area contributed by atoms with Gasteiger partial charge in [0.1, 0.15) is 12.7 Å². The number of aromatic nitrogens is 5. The molecule has 0 spiro atoms. The van der Waals surface area contributed by atoms with Crippen molar-refractivity contribution in [2.75, 3.05) is 0 Å². The summed E-state index contributed by atoms with van der Waals surface area (Å²) in [4.78, 5) is 12.4. The van der Waals surface area contributed by atoms with Crippen LogP contribution in [0.5, 0.6) is 0 Å². The molecule has 0 aliphatic rings. The summed E-state index contributed by atoms with van der Waals surface area (Å²) >= 11 is 5.95. The smallest absolute Gasteiger partial charge is 0.280 e. The van der Waals surface area contributed by atoms with Crippen LogP contribution in [-0.4, -0.2) is 30.9 Å². The number of hydrogen-bond acceptors (Lipinski definition) is 4. The lowest BCUT2D eigenvalue weighted by atomic mass is 10.3. The van der Waals surface area contributed by atoms with Gasteiger partial charge in [-0.15, -0.1) is 10.2 Å². The maximum absolute atomic E-state index is 12.4. The molecule has 2 aromatic heterocycles. The fraction of sp³-hybridized carbons (Fsp3) is 0.0769. The molecule has 21 heavy (non-hydrogen) atoms. The third-order valence-electron chi connectivity index (χ3n) is 2.91. The van der Waals surface area contributed by atoms with E-state index in [-0.39, 0.29) is 5.56 Å². The zero-order valence-electron chi connectivity index (χ0n) is 11.1. The summed E-state index contributed by atoms with van der Waals surface area (Å²) in [5.74, 6) is 0. The van der Waals surface area contributed by atoms with Crippen LogP contribution in [0.15, 0.2) is 46.8 Å². The van der Waals surface area contributed by atoms with Gasteiger partial charge in [-0.1, -0.05) is 17.7 Å². The SMILES string of the molecule is Cc1[nH]n(-c2cccc(Cl)c2)c(=O)c1/C=N/n1cnnc1. The Balaban J connectivity index is 2.03. The van der Waals surface area contributed by atoms with E-state index in [0.717, 1.165) is 0 Å². The molecule has 3 aromatic rings. The Morgan fingerprint density at radius 2 is 2.10 bits per heavy atom. The number of H-pyrrole nitrogens is 1. The topological polar surface area (TPSA) is 80.9 Å². The van der Waals surface area contributed by atoms with Crippen LogP contribution in [0.3, 0.4) is 0 Å². The molecular weight excluding hydrogens is 292 g/mol. The van der Waals surface area contributed by atoms with Gasteiger partial charge in [-0.05, 0) is 25.1 Å². The molecule has 0 saturated heterocycles. The molecule has 1 aromatic carbocycles. The van der Waals surface area contributed by atoms with E-state index in [1.165, 1.54) is 28.2 Å². The second-order valence-corrected chi connectivity index (χ2v) is 4.79. The van der Waals surface area contributed by atoms with E-state index < -0.39 is 0 Å². The van der Waals surface area contributed by atoms with Gasteiger partial charge in [-0.3, -0.25) is 9.89 Å². The zero-order chi connectivity index (χ0) is 14.8. The first-order valence-electron chi connectivity index (χ1n) is 6.11. The Morgan fingerprint density at radius 1 is 1.33 bits per heavy atom. The lowest BCUT2D eigenvalue weighted by molar-refractivity contribution is 0.835.